The largest absolute Gasteiger partial charge is 0.382 e. The van der Waals surface area contributed by atoms with Gasteiger partial charge >= 0.3 is 10.1 Å². The zero-order valence-electron chi connectivity index (χ0n) is 19.4. The van der Waals surface area contributed by atoms with E-state index in [9.17, 15) is 13.2 Å². The van der Waals surface area contributed by atoms with E-state index in [1.807, 2.05) is 12.1 Å². The van der Waals surface area contributed by atoms with Gasteiger partial charge in [0.2, 0.25) is 5.91 Å². The first-order chi connectivity index (χ1) is 14.8. The van der Waals surface area contributed by atoms with Crippen molar-refractivity contribution >= 4 is 16.0 Å². The van der Waals surface area contributed by atoms with Crippen molar-refractivity contribution in [2.75, 3.05) is 18.8 Å². The van der Waals surface area contributed by atoms with Crippen LogP contribution in [0.5, 0.6) is 5.75 Å². The normalized spacial score (nSPS) is 17.3. The van der Waals surface area contributed by atoms with Crippen LogP contribution in [0.4, 0.5) is 0 Å². The van der Waals surface area contributed by atoms with Gasteiger partial charge in [-0.05, 0) is 70.1 Å². The molecule has 0 aromatic heterocycles. The minimum atomic E-state index is -3.49. The van der Waals surface area contributed by atoms with Crippen LogP contribution in [-0.2, 0) is 21.3 Å². The van der Waals surface area contributed by atoms with Crippen molar-refractivity contribution in [2.45, 2.75) is 90.6 Å². The van der Waals surface area contributed by atoms with Crippen molar-refractivity contribution in [1.82, 2.24) is 10.2 Å². The van der Waals surface area contributed by atoms with E-state index in [1.54, 1.807) is 19.1 Å². The zero-order chi connectivity index (χ0) is 22.7. The number of likely N-dealkylation sites (tertiary alicyclic amines) is 1. The molecule has 0 bridgehead atoms. The number of hydrogen-bond donors (Lipinski definition) is 1. The number of nitrogens with one attached hydrogen (secondary N) is 1. The number of nitrogens with zero attached hydrogens (tertiary/aromatic N) is 1. The number of unbranched alkanes of at least 4 members (excludes halogenated alkanes) is 1. The molecule has 1 aromatic rings. The Labute approximate surface area is 188 Å². The molecule has 6 nitrogen and oxygen atoms in total. The lowest BCUT2D eigenvalue weighted by Gasteiger charge is -2.24. The van der Waals surface area contributed by atoms with Gasteiger partial charge in [0, 0.05) is 31.6 Å². The van der Waals surface area contributed by atoms with E-state index < -0.39 is 10.1 Å². The fourth-order valence-corrected chi connectivity index (χ4v) is 4.60. The topological polar surface area (TPSA) is 75.7 Å². The summed E-state index contributed by atoms with van der Waals surface area (Å²) in [7, 11) is -3.49. The number of carbonyl (C=O) groups excluding carboxylic acids is 1. The molecule has 0 spiro atoms. The first kappa shape index (κ1) is 25.7. The van der Waals surface area contributed by atoms with Crippen molar-refractivity contribution in [1.29, 1.82) is 0 Å². The van der Waals surface area contributed by atoms with Crippen molar-refractivity contribution in [3.8, 4) is 5.75 Å². The van der Waals surface area contributed by atoms with Crippen LogP contribution < -0.4 is 9.50 Å². The first-order valence-electron chi connectivity index (χ1n) is 11.9. The quantitative estimate of drug-likeness (QED) is 0.357. The molecule has 1 N–H and O–H groups in total. The Hall–Kier alpha value is -1.60. The Bertz CT molecular complexity index is 764. The summed E-state index contributed by atoms with van der Waals surface area (Å²) in [6, 6.07) is 8.08. The summed E-state index contributed by atoms with van der Waals surface area (Å²) in [5.41, 5.74) is 1.15. The summed E-state index contributed by atoms with van der Waals surface area (Å²) in [6.45, 7) is 7.79. The Balaban J connectivity index is 1.71. The number of benzene rings is 1. The van der Waals surface area contributed by atoms with Crippen molar-refractivity contribution in [3.63, 3.8) is 0 Å². The van der Waals surface area contributed by atoms with Gasteiger partial charge in [-0.2, -0.15) is 8.42 Å². The smallest absolute Gasteiger partial charge is 0.308 e. The number of hydrogen-bond acceptors (Lipinski definition) is 5. The number of carbonyl (C=O) groups is 1. The molecule has 1 aliphatic rings. The fourth-order valence-electron chi connectivity index (χ4n) is 4.08. The van der Waals surface area contributed by atoms with Gasteiger partial charge in [-0.25, -0.2) is 0 Å². The second kappa shape index (κ2) is 13.1. The SMILES string of the molecule is CCC(CCCCN1CCCCCC1=O)NC(C)Cc1ccc(OS(=O)(=O)CC)cc1. The minimum absolute atomic E-state index is 0.0392. The summed E-state index contributed by atoms with van der Waals surface area (Å²) in [5.74, 6) is 0.656. The molecular weight excluding hydrogens is 412 g/mol. The maximum absolute atomic E-state index is 12.1. The lowest BCUT2D eigenvalue weighted by molar-refractivity contribution is -0.130. The van der Waals surface area contributed by atoms with Crippen molar-refractivity contribution in [3.05, 3.63) is 29.8 Å². The van der Waals surface area contributed by atoms with Crippen LogP contribution in [0.1, 0.15) is 77.7 Å². The zero-order valence-corrected chi connectivity index (χ0v) is 20.3. The van der Waals surface area contributed by atoms with E-state index in [0.717, 1.165) is 70.0 Å². The van der Waals surface area contributed by atoms with E-state index in [2.05, 4.69) is 24.1 Å². The third-order valence-electron chi connectivity index (χ3n) is 5.96. The predicted molar refractivity (Wildman–Crippen MR) is 126 cm³/mol. The summed E-state index contributed by atoms with van der Waals surface area (Å²) in [5, 5.41) is 3.73. The third kappa shape index (κ3) is 9.60. The molecule has 31 heavy (non-hydrogen) atoms. The fraction of sp³-hybridized carbons (Fsp3) is 0.708. The van der Waals surface area contributed by atoms with Crippen molar-refractivity contribution in [2.24, 2.45) is 0 Å². The van der Waals surface area contributed by atoms with Crippen LogP contribution in [0, 0.1) is 0 Å². The lowest BCUT2D eigenvalue weighted by atomic mass is 10.0. The Morgan fingerprint density at radius 2 is 1.84 bits per heavy atom. The van der Waals surface area contributed by atoms with Crippen LogP contribution in [0.2, 0.25) is 0 Å². The van der Waals surface area contributed by atoms with Gasteiger partial charge in [-0.1, -0.05) is 31.9 Å². The second-order valence-electron chi connectivity index (χ2n) is 8.64. The van der Waals surface area contributed by atoms with Crippen LogP contribution in [0.15, 0.2) is 24.3 Å². The van der Waals surface area contributed by atoms with E-state index in [1.165, 1.54) is 6.42 Å². The molecule has 1 fully saturated rings. The molecule has 1 saturated heterocycles. The van der Waals surface area contributed by atoms with Crippen molar-refractivity contribution < 1.29 is 17.4 Å². The van der Waals surface area contributed by atoms with Gasteiger partial charge in [-0.15, -0.1) is 0 Å². The molecule has 1 heterocycles. The Kier molecular flexibility index (Phi) is 10.8. The molecule has 176 valence electrons. The molecule has 2 atom stereocenters. The first-order valence-corrected chi connectivity index (χ1v) is 13.5. The average Bonchev–Trinajstić information content (AvgIpc) is 2.95. The highest BCUT2D eigenvalue weighted by Crippen LogP contribution is 2.17. The molecular formula is C24H40N2O4S. The van der Waals surface area contributed by atoms with Gasteiger partial charge in [0.05, 0.1) is 5.75 Å². The van der Waals surface area contributed by atoms with Gasteiger partial charge in [0.1, 0.15) is 5.75 Å². The van der Waals surface area contributed by atoms with Crippen LogP contribution >= 0.6 is 0 Å². The molecule has 1 amide bonds. The molecule has 1 aromatic carbocycles. The van der Waals surface area contributed by atoms with Crippen LogP contribution in [-0.4, -0.2) is 50.2 Å². The summed E-state index contributed by atoms with van der Waals surface area (Å²) < 4.78 is 28.2. The Morgan fingerprint density at radius 1 is 1.10 bits per heavy atom. The summed E-state index contributed by atoms with van der Waals surface area (Å²) >= 11 is 0. The molecule has 1 aliphatic heterocycles. The maximum Gasteiger partial charge on any atom is 0.308 e. The van der Waals surface area contributed by atoms with Gasteiger partial charge in [-0.3, -0.25) is 4.79 Å². The molecule has 0 saturated carbocycles. The highest BCUT2D eigenvalue weighted by molar-refractivity contribution is 7.87. The summed E-state index contributed by atoms with van der Waals surface area (Å²) in [6.07, 6.45) is 9.35. The Morgan fingerprint density at radius 3 is 2.52 bits per heavy atom. The predicted octanol–water partition coefficient (Wildman–Crippen LogP) is 4.29. The molecule has 2 rings (SSSR count). The summed E-state index contributed by atoms with van der Waals surface area (Å²) in [4.78, 5) is 14.2. The standard InChI is InChI=1S/C24H40N2O4S/c1-4-22(11-8-10-18-26-17-9-6-7-12-24(26)27)25-20(3)19-21-13-15-23(16-14-21)30-31(28,29)5-2/h13-16,20,22,25H,4-12,17-19H2,1-3H3. The monoisotopic (exact) mass is 452 g/mol. The van der Waals surface area contributed by atoms with E-state index in [0.29, 0.717) is 23.7 Å². The number of amides is 1. The van der Waals surface area contributed by atoms with Gasteiger partial charge in [0.25, 0.3) is 0 Å². The minimum Gasteiger partial charge on any atom is -0.382 e. The molecule has 7 heteroatoms. The third-order valence-corrected chi connectivity index (χ3v) is 7.11. The molecule has 2 unspecified atom stereocenters. The lowest BCUT2D eigenvalue weighted by Crippen LogP contribution is -2.37. The highest BCUT2D eigenvalue weighted by Gasteiger charge is 2.16. The van der Waals surface area contributed by atoms with E-state index >= 15 is 0 Å². The van der Waals surface area contributed by atoms with Crippen LogP contribution in [0.25, 0.3) is 0 Å². The number of rotatable bonds is 13. The molecule has 0 radical (unpaired) electrons. The maximum atomic E-state index is 12.1. The molecule has 0 aliphatic carbocycles. The average molecular weight is 453 g/mol. The van der Waals surface area contributed by atoms with Gasteiger partial charge < -0.3 is 14.4 Å². The van der Waals surface area contributed by atoms with Crippen LogP contribution in [0.3, 0.4) is 0 Å². The van der Waals surface area contributed by atoms with Gasteiger partial charge in [0.15, 0.2) is 0 Å². The van der Waals surface area contributed by atoms with E-state index in [4.69, 9.17) is 4.18 Å². The van der Waals surface area contributed by atoms with E-state index in [-0.39, 0.29) is 5.75 Å². The highest BCUT2D eigenvalue weighted by atomic mass is 32.2. The second-order valence-corrected chi connectivity index (χ2v) is 10.5.